The van der Waals surface area contributed by atoms with Gasteiger partial charge in [-0.1, -0.05) is 30.3 Å². The van der Waals surface area contributed by atoms with Gasteiger partial charge >= 0.3 is 6.09 Å². The van der Waals surface area contributed by atoms with Crippen molar-refractivity contribution >= 4 is 6.09 Å². The van der Waals surface area contributed by atoms with E-state index < -0.39 is 6.09 Å². The number of hydrogen-bond donors (Lipinski definition) is 2. The molecule has 1 aromatic carbocycles. The summed E-state index contributed by atoms with van der Waals surface area (Å²) < 4.78 is 0. The van der Waals surface area contributed by atoms with Gasteiger partial charge in [-0.25, -0.2) is 4.79 Å². The summed E-state index contributed by atoms with van der Waals surface area (Å²) in [6, 6.07) is 10.5. The van der Waals surface area contributed by atoms with E-state index >= 15 is 0 Å². The van der Waals surface area contributed by atoms with E-state index in [9.17, 15) is 4.79 Å². The molecule has 2 atom stereocenters. The van der Waals surface area contributed by atoms with Crippen molar-refractivity contribution in [2.45, 2.75) is 31.8 Å². The van der Waals surface area contributed by atoms with E-state index in [2.05, 4.69) is 34.5 Å². The number of nitrogens with one attached hydrogen (secondary N) is 1. The van der Waals surface area contributed by atoms with E-state index in [0.29, 0.717) is 5.92 Å². The zero-order valence-electron chi connectivity index (χ0n) is 11.7. The number of hydrogen-bond acceptors (Lipinski definition) is 2. The van der Waals surface area contributed by atoms with E-state index in [1.807, 2.05) is 6.07 Å². The molecule has 1 saturated carbocycles. The summed E-state index contributed by atoms with van der Waals surface area (Å²) in [5.41, 5.74) is 1.30. The summed E-state index contributed by atoms with van der Waals surface area (Å²) in [7, 11) is 0. The maximum atomic E-state index is 11.0. The summed E-state index contributed by atoms with van der Waals surface area (Å²) in [5.74, 6) is 1.30. The highest BCUT2D eigenvalue weighted by Crippen LogP contribution is 2.42. The second-order valence-electron chi connectivity index (χ2n) is 6.07. The van der Waals surface area contributed by atoms with Crippen LogP contribution in [0.5, 0.6) is 0 Å². The molecular formula is C16H22N2O2. The molecular weight excluding hydrogens is 252 g/mol. The quantitative estimate of drug-likeness (QED) is 0.887. The van der Waals surface area contributed by atoms with Gasteiger partial charge < -0.3 is 10.4 Å². The van der Waals surface area contributed by atoms with Gasteiger partial charge in [0.15, 0.2) is 0 Å². The summed E-state index contributed by atoms with van der Waals surface area (Å²) in [4.78, 5) is 13.4. The summed E-state index contributed by atoms with van der Waals surface area (Å²) in [6.45, 7) is 2.83. The Morgan fingerprint density at radius 1 is 1.25 bits per heavy atom. The Balaban J connectivity index is 1.62. The minimum Gasteiger partial charge on any atom is -0.465 e. The Labute approximate surface area is 119 Å². The van der Waals surface area contributed by atoms with Crippen LogP contribution in [-0.4, -0.2) is 35.2 Å². The van der Waals surface area contributed by atoms with Crippen LogP contribution in [-0.2, 0) is 6.54 Å². The molecule has 20 heavy (non-hydrogen) atoms. The number of benzene rings is 1. The van der Waals surface area contributed by atoms with Crippen LogP contribution in [0.2, 0.25) is 0 Å². The third-order valence-corrected chi connectivity index (χ3v) is 4.54. The molecule has 3 rings (SSSR count). The number of carbonyl (C=O) groups is 1. The third-order valence-electron chi connectivity index (χ3n) is 4.54. The second kappa shape index (κ2) is 5.83. The fraction of sp³-hybridized carbons (Fsp3) is 0.562. The van der Waals surface area contributed by atoms with Crippen LogP contribution in [0.1, 0.15) is 24.8 Å². The predicted molar refractivity (Wildman–Crippen MR) is 77.5 cm³/mol. The van der Waals surface area contributed by atoms with Gasteiger partial charge in [0.25, 0.3) is 0 Å². The minimum atomic E-state index is -0.887. The highest BCUT2D eigenvalue weighted by molar-refractivity contribution is 5.65. The van der Waals surface area contributed by atoms with Crippen LogP contribution >= 0.6 is 0 Å². The average molecular weight is 274 g/mol. The van der Waals surface area contributed by atoms with Gasteiger partial charge in [0.1, 0.15) is 0 Å². The molecule has 0 radical (unpaired) electrons. The third kappa shape index (κ3) is 3.31. The number of likely N-dealkylation sites (tertiary alicyclic amines) is 1. The van der Waals surface area contributed by atoms with E-state index in [1.165, 1.54) is 18.4 Å². The monoisotopic (exact) mass is 274 g/mol. The number of rotatable bonds is 4. The van der Waals surface area contributed by atoms with Crippen LogP contribution in [0, 0.1) is 11.8 Å². The van der Waals surface area contributed by atoms with Crippen molar-refractivity contribution in [2.75, 3.05) is 13.1 Å². The van der Waals surface area contributed by atoms with Crippen molar-refractivity contribution in [3.05, 3.63) is 35.9 Å². The molecule has 4 heteroatoms. The van der Waals surface area contributed by atoms with Crippen LogP contribution in [0.4, 0.5) is 4.79 Å². The maximum absolute atomic E-state index is 11.0. The van der Waals surface area contributed by atoms with Gasteiger partial charge in [-0.05, 0) is 43.2 Å². The van der Waals surface area contributed by atoms with Crippen LogP contribution in [0.25, 0.3) is 0 Å². The van der Waals surface area contributed by atoms with Crippen LogP contribution in [0.15, 0.2) is 30.3 Å². The Morgan fingerprint density at radius 3 is 2.65 bits per heavy atom. The molecule has 1 amide bonds. The summed E-state index contributed by atoms with van der Waals surface area (Å²) >= 11 is 0. The SMILES string of the molecule is O=C(O)N[C@@H]1CN(Cc2ccccc2)CC[C@H]1C1CC1. The number of piperidine rings is 1. The number of amides is 1. The lowest BCUT2D eigenvalue weighted by molar-refractivity contribution is 0.115. The molecule has 0 aromatic heterocycles. The first kappa shape index (κ1) is 13.4. The van der Waals surface area contributed by atoms with Crippen molar-refractivity contribution in [1.29, 1.82) is 0 Å². The predicted octanol–water partition coefficient (Wildman–Crippen LogP) is 2.55. The van der Waals surface area contributed by atoms with Gasteiger partial charge in [-0.15, -0.1) is 0 Å². The van der Waals surface area contributed by atoms with Crippen molar-refractivity contribution < 1.29 is 9.90 Å². The molecule has 0 unspecified atom stereocenters. The molecule has 1 aromatic rings. The molecule has 2 N–H and O–H groups in total. The van der Waals surface area contributed by atoms with Crippen molar-refractivity contribution in [1.82, 2.24) is 10.2 Å². The zero-order chi connectivity index (χ0) is 13.9. The molecule has 2 aliphatic rings. The molecule has 1 saturated heterocycles. The molecule has 108 valence electrons. The maximum Gasteiger partial charge on any atom is 0.404 e. The second-order valence-corrected chi connectivity index (χ2v) is 6.07. The Bertz CT molecular complexity index is 459. The van der Waals surface area contributed by atoms with Crippen molar-refractivity contribution in [2.24, 2.45) is 11.8 Å². The van der Waals surface area contributed by atoms with Crippen molar-refractivity contribution in [3.8, 4) is 0 Å². The number of carboxylic acid groups (broad SMARTS) is 1. The normalized spacial score (nSPS) is 27.2. The van der Waals surface area contributed by atoms with Gasteiger partial charge in [0.05, 0.1) is 0 Å². The first-order chi connectivity index (χ1) is 9.72. The molecule has 1 aliphatic heterocycles. The lowest BCUT2D eigenvalue weighted by Gasteiger charge is -2.38. The van der Waals surface area contributed by atoms with Crippen molar-refractivity contribution in [3.63, 3.8) is 0 Å². The molecule has 0 spiro atoms. The molecule has 4 nitrogen and oxygen atoms in total. The van der Waals surface area contributed by atoms with E-state index in [1.54, 1.807) is 0 Å². The van der Waals surface area contributed by atoms with Gasteiger partial charge in [0, 0.05) is 19.1 Å². The topological polar surface area (TPSA) is 52.6 Å². The van der Waals surface area contributed by atoms with Gasteiger partial charge in [-0.2, -0.15) is 0 Å². The molecule has 1 aliphatic carbocycles. The lowest BCUT2D eigenvalue weighted by Crippen LogP contribution is -2.52. The first-order valence-corrected chi connectivity index (χ1v) is 7.48. The highest BCUT2D eigenvalue weighted by Gasteiger charge is 2.40. The lowest BCUT2D eigenvalue weighted by atomic mass is 9.87. The number of nitrogens with zero attached hydrogens (tertiary/aromatic N) is 1. The zero-order valence-corrected chi connectivity index (χ0v) is 11.7. The van der Waals surface area contributed by atoms with E-state index in [4.69, 9.17) is 5.11 Å². The first-order valence-electron chi connectivity index (χ1n) is 7.48. The van der Waals surface area contributed by atoms with Crippen LogP contribution in [0.3, 0.4) is 0 Å². The van der Waals surface area contributed by atoms with E-state index in [-0.39, 0.29) is 6.04 Å². The fourth-order valence-corrected chi connectivity index (χ4v) is 3.42. The Kier molecular flexibility index (Phi) is 3.92. The largest absolute Gasteiger partial charge is 0.465 e. The Morgan fingerprint density at radius 2 is 2.00 bits per heavy atom. The molecule has 1 heterocycles. The van der Waals surface area contributed by atoms with Gasteiger partial charge in [0.2, 0.25) is 0 Å². The van der Waals surface area contributed by atoms with Gasteiger partial charge in [-0.3, -0.25) is 4.90 Å². The smallest absolute Gasteiger partial charge is 0.404 e. The highest BCUT2D eigenvalue weighted by atomic mass is 16.4. The Hall–Kier alpha value is -1.55. The fourth-order valence-electron chi connectivity index (χ4n) is 3.42. The summed E-state index contributed by atoms with van der Waals surface area (Å²) in [5, 5.41) is 11.8. The summed E-state index contributed by atoms with van der Waals surface area (Å²) in [6.07, 6.45) is 2.78. The minimum absolute atomic E-state index is 0.0949. The molecule has 0 bridgehead atoms. The molecule has 2 fully saturated rings. The van der Waals surface area contributed by atoms with E-state index in [0.717, 1.165) is 32.0 Å². The average Bonchev–Trinajstić information content (AvgIpc) is 3.24. The van der Waals surface area contributed by atoms with Crippen LogP contribution < -0.4 is 5.32 Å². The standard InChI is InChI=1S/C16H22N2O2/c19-16(20)17-15-11-18(9-8-14(15)13-6-7-13)10-12-4-2-1-3-5-12/h1-5,13-15,17H,6-11H2,(H,19,20)/t14-,15+/m0/s1.